The van der Waals surface area contributed by atoms with Crippen molar-refractivity contribution in [2.24, 2.45) is 10.9 Å². The van der Waals surface area contributed by atoms with Crippen LogP contribution >= 0.6 is 0 Å². The number of nitrogens with one attached hydrogen (secondary N) is 1. The van der Waals surface area contributed by atoms with Gasteiger partial charge in [0.15, 0.2) is 5.96 Å². The van der Waals surface area contributed by atoms with Gasteiger partial charge in [-0.05, 0) is 50.7 Å². The molecule has 2 fully saturated rings. The molecule has 5 heteroatoms. The molecule has 140 valence electrons. The minimum absolute atomic E-state index is 0.433. The first-order chi connectivity index (χ1) is 12.3. The second-order valence-electron chi connectivity index (χ2n) is 7.24. The predicted octanol–water partition coefficient (Wildman–Crippen LogP) is 3.46. The summed E-state index contributed by atoms with van der Waals surface area (Å²) in [5, 5.41) is 3.43. The number of hydrogen-bond donors (Lipinski definition) is 1. The summed E-state index contributed by atoms with van der Waals surface area (Å²) in [6.45, 7) is 6.82. The number of nitrogens with zero attached hydrogens (tertiary/aromatic N) is 2. The van der Waals surface area contributed by atoms with Gasteiger partial charge in [-0.15, -0.1) is 0 Å². The lowest BCUT2D eigenvalue weighted by Gasteiger charge is -2.34. The predicted molar refractivity (Wildman–Crippen MR) is 101 cm³/mol. The molecule has 25 heavy (non-hydrogen) atoms. The highest BCUT2D eigenvalue weighted by Crippen LogP contribution is 2.26. The Morgan fingerprint density at radius 3 is 2.76 bits per heavy atom. The van der Waals surface area contributed by atoms with E-state index in [0.29, 0.717) is 6.10 Å². The summed E-state index contributed by atoms with van der Waals surface area (Å²) >= 11 is 0. The summed E-state index contributed by atoms with van der Waals surface area (Å²) in [4.78, 5) is 7.15. The molecule has 2 aliphatic rings. The van der Waals surface area contributed by atoms with Crippen molar-refractivity contribution in [2.75, 3.05) is 32.8 Å². The fourth-order valence-electron chi connectivity index (χ4n) is 3.84. The molecule has 5 nitrogen and oxygen atoms in total. The fraction of sp³-hybridized carbons (Fsp3) is 0.750. The van der Waals surface area contributed by atoms with Crippen LogP contribution in [-0.2, 0) is 11.2 Å². The third-order valence-corrected chi connectivity index (χ3v) is 5.32. The molecule has 0 radical (unpaired) electrons. The molecule has 1 saturated heterocycles. The second kappa shape index (κ2) is 9.85. The van der Waals surface area contributed by atoms with Crippen LogP contribution in [0, 0.1) is 5.92 Å². The Bertz CT molecular complexity index is 501. The molecule has 0 aromatic carbocycles. The highest BCUT2D eigenvalue weighted by atomic mass is 16.5. The molecule has 1 saturated carbocycles. The smallest absolute Gasteiger partial charge is 0.193 e. The Morgan fingerprint density at radius 1 is 1.28 bits per heavy atom. The Labute approximate surface area is 151 Å². The molecule has 0 amide bonds. The van der Waals surface area contributed by atoms with Crippen molar-refractivity contribution in [1.29, 1.82) is 0 Å². The quantitative estimate of drug-likeness (QED) is 0.606. The van der Waals surface area contributed by atoms with Crippen LogP contribution < -0.4 is 5.32 Å². The number of ether oxygens (including phenoxy) is 1. The van der Waals surface area contributed by atoms with Crippen LogP contribution in [0.2, 0.25) is 0 Å². The third-order valence-electron chi connectivity index (χ3n) is 5.32. The van der Waals surface area contributed by atoms with Gasteiger partial charge in [-0.1, -0.05) is 12.8 Å². The Hall–Kier alpha value is -1.49. The molecule has 2 heterocycles. The van der Waals surface area contributed by atoms with Gasteiger partial charge < -0.3 is 19.4 Å². The molecule has 3 rings (SSSR count). The molecular weight excluding hydrogens is 314 g/mol. The minimum atomic E-state index is 0.433. The number of hydrogen-bond acceptors (Lipinski definition) is 3. The molecule has 1 aromatic rings. The lowest BCUT2D eigenvalue weighted by Crippen LogP contribution is -2.47. The molecule has 1 aliphatic carbocycles. The van der Waals surface area contributed by atoms with Gasteiger partial charge >= 0.3 is 0 Å². The number of guanidine groups is 1. The van der Waals surface area contributed by atoms with Gasteiger partial charge in [0.1, 0.15) is 5.76 Å². The van der Waals surface area contributed by atoms with Crippen LogP contribution in [0.4, 0.5) is 0 Å². The Morgan fingerprint density at radius 2 is 2.08 bits per heavy atom. The van der Waals surface area contributed by atoms with Crippen molar-refractivity contribution in [3.05, 3.63) is 24.2 Å². The van der Waals surface area contributed by atoms with Gasteiger partial charge in [-0.2, -0.15) is 0 Å². The fourth-order valence-corrected chi connectivity index (χ4v) is 3.84. The van der Waals surface area contributed by atoms with E-state index in [1.807, 2.05) is 12.1 Å². The first kappa shape index (κ1) is 18.3. The van der Waals surface area contributed by atoms with Crippen molar-refractivity contribution >= 4 is 5.96 Å². The number of furan rings is 1. The zero-order chi connectivity index (χ0) is 17.3. The van der Waals surface area contributed by atoms with Crippen LogP contribution in [0.15, 0.2) is 27.8 Å². The van der Waals surface area contributed by atoms with E-state index in [4.69, 9.17) is 14.1 Å². The molecule has 1 aromatic heterocycles. The zero-order valence-electron chi connectivity index (χ0n) is 15.6. The maximum Gasteiger partial charge on any atom is 0.193 e. The highest BCUT2D eigenvalue weighted by Gasteiger charge is 2.23. The minimum Gasteiger partial charge on any atom is -0.469 e. The summed E-state index contributed by atoms with van der Waals surface area (Å²) in [5.41, 5.74) is 0. The standard InChI is InChI=1S/C20H33N3O2/c1-2-21-20(22-12-9-18-8-5-15-24-18)23-13-10-19(11-14-23)25-16-17-6-3-4-7-17/h5,8,15,17,19H,2-4,6-7,9-14,16H2,1H3,(H,21,22). The highest BCUT2D eigenvalue weighted by molar-refractivity contribution is 5.80. The first-order valence-electron chi connectivity index (χ1n) is 10.0. The van der Waals surface area contributed by atoms with Crippen molar-refractivity contribution in [1.82, 2.24) is 10.2 Å². The molecule has 0 spiro atoms. The molecule has 0 bridgehead atoms. The number of piperidine rings is 1. The van der Waals surface area contributed by atoms with Crippen molar-refractivity contribution in [3.63, 3.8) is 0 Å². The largest absolute Gasteiger partial charge is 0.469 e. The van der Waals surface area contributed by atoms with E-state index in [2.05, 4.69) is 17.1 Å². The molecule has 0 atom stereocenters. The Kier molecular flexibility index (Phi) is 7.22. The van der Waals surface area contributed by atoms with Crippen molar-refractivity contribution < 1.29 is 9.15 Å². The van der Waals surface area contributed by atoms with Crippen LogP contribution in [0.25, 0.3) is 0 Å². The monoisotopic (exact) mass is 347 g/mol. The first-order valence-corrected chi connectivity index (χ1v) is 10.0. The molecule has 0 unspecified atom stereocenters. The summed E-state index contributed by atoms with van der Waals surface area (Å²) in [6, 6.07) is 3.94. The van der Waals surface area contributed by atoms with Gasteiger partial charge in [-0.25, -0.2) is 0 Å². The van der Waals surface area contributed by atoms with Gasteiger partial charge in [0.25, 0.3) is 0 Å². The summed E-state index contributed by atoms with van der Waals surface area (Å²) in [7, 11) is 0. The van der Waals surface area contributed by atoms with Crippen LogP contribution in [0.5, 0.6) is 0 Å². The van der Waals surface area contributed by atoms with Crippen molar-refractivity contribution in [3.8, 4) is 0 Å². The lowest BCUT2D eigenvalue weighted by molar-refractivity contribution is 0.00102. The van der Waals surface area contributed by atoms with Gasteiger partial charge in [0.05, 0.1) is 12.4 Å². The molecular formula is C20H33N3O2. The van der Waals surface area contributed by atoms with Gasteiger partial charge in [0, 0.05) is 39.2 Å². The van der Waals surface area contributed by atoms with Gasteiger partial charge in [0.2, 0.25) is 0 Å². The lowest BCUT2D eigenvalue weighted by atomic mass is 10.1. The zero-order valence-corrected chi connectivity index (χ0v) is 15.6. The SMILES string of the molecule is CCNC(=NCCc1ccco1)N1CCC(OCC2CCCC2)CC1. The molecule has 1 N–H and O–H groups in total. The third kappa shape index (κ3) is 5.77. The maximum absolute atomic E-state index is 6.19. The number of rotatable bonds is 7. The van der Waals surface area contributed by atoms with Crippen LogP contribution in [0.3, 0.4) is 0 Å². The van der Waals surface area contributed by atoms with E-state index >= 15 is 0 Å². The summed E-state index contributed by atoms with van der Waals surface area (Å²) in [6.07, 6.45) is 10.7. The maximum atomic E-state index is 6.19. The van der Waals surface area contributed by atoms with Crippen molar-refractivity contribution in [2.45, 2.75) is 58.0 Å². The van der Waals surface area contributed by atoms with Gasteiger partial charge in [-0.3, -0.25) is 4.99 Å². The van der Waals surface area contributed by atoms with E-state index in [1.165, 1.54) is 25.7 Å². The van der Waals surface area contributed by atoms with Crippen LogP contribution in [0.1, 0.15) is 51.2 Å². The van der Waals surface area contributed by atoms with E-state index < -0.39 is 0 Å². The summed E-state index contributed by atoms with van der Waals surface area (Å²) in [5.74, 6) is 2.85. The van der Waals surface area contributed by atoms with E-state index in [1.54, 1.807) is 6.26 Å². The second-order valence-corrected chi connectivity index (χ2v) is 7.24. The number of aliphatic imine (C=N–C) groups is 1. The topological polar surface area (TPSA) is 50.0 Å². The summed E-state index contributed by atoms with van der Waals surface area (Å²) < 4.78 is 11.6. The van der Waals surface area contributed by atoms with E-state index in [-0.39, 0.29) is 0 Å². The average molecular weight is 348 g/mol. The normalized spacial score (nSPS) is 20.4. The number of likely N-dealkylation sites (tertiary alicyclic amines) is 1. The van der Waals surface area contributed by atoms with E-state index in [0.717, 1.165) is 69.7 Å². The van der Waals surface area contributed by atoms with E-state index in [9.17, 15) is 0 Å². The Balaban J connectivity index is 1.41. The average Bonchev–Trinajstić information content (AvgIpc) is 3.34. The molecule has 1 aliphatic heterocycles. The van der Waals surface area contributed by atoms with Crippen LogP contribution in [-0.4, -0.2) is 49.7 Å².